The quantitative estimate of drug-likeness (QED) is 0.901. The first-order valence-electron chi connectivity index (χ1n) is 7.48. The van der Waals surface area contributed by atoms with E-state index in [1.54, 1.807) is 18.4 Å². The van der Waals surface area contributed by atoms with Gasteiger partial charge < -0.3 is 14.8 Å². The van der Waals surface area contributed by atoms with E-state index in [1.165, 1.54) is 12.1 Å². The lowest BCUT2D eigenvalue weighted by atomic mass is 9.83. The Balaban J connectivity index is 1.66. The van der Waals surface area contributed by atoms with Gasteiger partial charge in [-0.25, -0.2) is 4.39 Å². The van der Waals surface area contributed by atoms with Crippen LogP contribution in [0.4, 0.5) is 4.39 Å². The molecular weight excluding hydrogens is 321 g/mol. The summed E-state index contributed by atoms with van der Waals surface area (Å²) in [7, 11) is 0. The van der Waals surface area contributed by atoms with Crippen LogP contribution in [-0.2, 0) is 23.2 Å². The highest BCUT2D eigenvalue weighted by Gasteiger charge is 2.36. The molecule has 1 aliphatic carbocycles. The van der Waals surface area contributed by atoms with Crippen LogP contribution in [0.1, 0.15) is 29.7 Å². The first-order chi connectivity index (χ1) is 11.0. The molecule has 4 nitrogen and oxygen atoms in total. The van der Waals surface area contributed by atoms with Gasteiger partial charge >= 0.3 is 0 Å². The van der Waals surface area contributed by atoms with Crippen molar-refractivity contribution in [1.29, 1.82) is 0 Å². The maximum atomic E-state index is 13.7. The van der Waals surface area contributed by atoms with E-state index < -0.39 is 11.4 Å². The molecule has 1 aromatic heterocycles. The lowest BCUT2D eigenvalue weighted by Gasteiger charge is -2.31. The zero-order valence-electron chi connectivity index (χ0n) is 12.4. The number of halogens is 2. The van der Waals surface area contributed by atoms with Crippen LogP contribution in [0.3, 0.4) is 0 Å². The molecule has 2 N–H and O–H groups in total. The second kappa shape index (κ2) is 6.34. The molecule has 0 saturated carbocycles. The first-order valence-corrected chi connectivity index (χ1v) is 7.86. The Bertz CT molecular complexity index is 710. The Kier molecular flexibility index (Phi) is 4.41. The van der Waals surface area contributed by atoms with Gasteiger partial charge in [0.05, 0.1) is 19.2 Å². The first kappa shape index (κ1) is 16.0. The molecule has 1 unspecified atom stereocenters. The number of furan rings is 1. The lowest BCUT2D eigenvalue weighted by molar-refractivity contribution is -0.122. The topological polar surface area (TPSA) is 62.5 Å². The average molecular weight is 338 g/mol. The van der Waals surface area contributed by atoms with Gasteiger partial charge in [0.2, 0.25) is 5.91 Å². The summed E-state index contributed by atoms with van der Waals surface area (Å²) in [6, 6.07) is 6.03. The number of amides is 1. The molecule has 6 heteroatoms. The normalized spacial score (nSPS) is 20.1. The number of nitrogens with one attached hydrogen (secondary N) is 1. The van der Waals surface area contributed by atoms with Crippen molar-refractivity contribution < 1.29 is 18.7 Å². The SMILES string of the molecule is O=C(Cc1c(F)cccc1Cl)NCC1(O)CCCc2occc21. The summed E-state index contributed by atoms with van der Waals surface area (Å²) in [6.45, 7) is 0.0600. The number of benzene rings is 1. The molecule has 1 atom stereocenters. The number of hydrogen-bond acceptors (Lipinski definition) is 3. The molecule has 1 amide bonds. The second-order valence-electron chi connectivity index (χ2n) is 5.80. The van der Waals surface area contributed by atoms with Crippen molar-refractivity contribution in [3.63, 3.8) is 0 Å². The Morgan fingerprint density at radius 1 is 1.43 bits per heavy atom. The third-order valence-corrected chi connectivity index (χ3v) is 4.57. The highest BCUT2D eigenvalue weighted by Crippen LogP contribution is 2.35. The number of fused-ring (bicyclic) bond motifs is 1. The van der Waals surface area contributed by atoms with E-state index >= 15 is 0 Å². The van der Waals surface area contributed by atoms with Gasteiger partial charge in [0.25, 0.3) is 0 Å². The molecule has 1 heterocycles. The van der Waals surface area contributed by atoms with Crippen LogP contribution >= 0.6 is 11.6 Å². The minimum atomic E-state index is -1.14. The fraction of sp³-hybridized carbons (Fsp3) is 0.353. The summed E-state index contributed by atoms with van der Waals surface area (Å²) in [5.41, 5.74) is -0.269. The molecular formula is C17H17ClFNO3. The highest BCUT2D eigenvalue weighted by molar-refractivity contribution is 6.31. The lowest BCUT2D eigenvalue weighted by Crippen LogP contribution is -2.43. The molecule has 2 aromatic rings. The number of carbonyl (C=O) groups excluding carboxylic acids is 1. The predicted octanol–water partition coefficient (Wildman–Crippen LogP) is 2.95. The zero-order chi connectivity index (χ0) is 16.4. The summed E-state index contributed by atoms with van der Waals surface area (Å²) in [6.07, 6.45) is 3.48. The summed E-state index contributed by atoms with van der Waals surface area (Å²) < 4.78 is 19.1. The molecule has 0 bridgehead atoms. The van der Waals surface area contributed by atoms with Gasteiger partial charge in [0.1, 0.15) is 17.2 Å². The van der Waals surface area contributed by atoms with E-state index in [2.05, 4.69) is 5.32 Å². The van der Waals surface area contributed by atoms with Crippen molar-refractivity contribution in [2.75, 3.05) is 6.54 Å². The average Bonchev–Trinajstić information content (AvgIpc) is 3.00. The van der Waals surface area contributed by atoms with Crippen molar-refractivity contribution in [3.05, 3.63) is 58.3 Å². The molecule has 1 aromatic carbocycles. The summed E-state index contributed by atoms with van der Waals surface area (Å²) in [4.78, 5) is 12.1. The fourth-order valence-corrected chi connectivity index (χ4v) is 3.21. The number of aliphatic hydroxyl groups is 1. The van der Waals surface area contributed by atoms with Crippen molar-refractivity contribution in [3.8, 4) is 0 Å². The summed E-state index contributed by atoms with van der Waals surface area (Å²) in [5, 5.41) is 13.6. The van der Waals surface area contributed by atoms with Crippen LogP contribution in [-0.4, -0.2) is 17.6 Å². The van der Waals surface area contributed by atoms with Gasteiger partial charge in [0.15, 0.2) is 0 Å². The highest BCUT2D eigenvalue weighted by atomic mass is 35.5. The van der Waals surface area contributed by atoms with Crippen LogP contribution in [0.25, 0.3) is 0 Å². The largest absolute Gasteiger partial charge is 0.469 e. The second-order valence-corrected chi connectivity index (χ2v) is 6.20. The van der Waals surface area contributed by atoms with Gasteiger partial charge in [-0.15, -0.1) is 0 Å². The predicted molar refractivity (Wildman–Crippen MR) is 83.7 cm³/mol. The zero-order valence-corrected chi connectivity index (χ0v) is 13.2. The maximum Gasteiger partial charge on any atom is 0.224 e. The van der Waals surface area contributed by atoms with Crippen LogP contribution in [0, 0.1) is 5.82 Å². The van der Waals surface area contributed by atoms with E-state index in [-0.39, 0.29) is 29.5 Å². The molecule has 3 rings (SSSR count). The van der Waals surface area contributed by atoms with E-state index in [1.807, 2.05) is 0 Å². The van der Waals surface area contributed by atoms with E-state index in [4.69, 9.17) is 16.0 Å². The third-order valence-electron chi connectivity index (χ3n) is 4.22. The molecule has 0 spiro atoms. The maximum absolute atomic E-state index is 13.7. The van der Waals surface area contributed by atoms with E-state index in [9.17, 15) is 14.3 Å². The minimum absolute atomic E-state index is 0.0600. The van der Waals surface area contributed by atoms with Crippen molar-refractivity contribution in [1.82, 2.24) is 5.32 Å². The molecule has 122 valence electrons. The Morgan fingerprint density at radius 3 is 3.04 bits per heavy atom. The van der Waals surface area contributed by atoms with Crippen molar-refractivity contribution >= 4 is 17.5 Å². The fourth-order valence-electron chi connectivity index (χ4n) is 2.98. The Morgan fingerprint density at radius 2 is 2.26 bits per heavy atom. The number of rotatable bonds is 4. The van der Waals surface area contributed by atoms with Gasteiger partial charge in [-0.3, -0.25) is 4.79 Å². The summed E-state index contributed by atoms with van der Waals surface area (Å²) >= 11 is 5.92. The van der Waals surface area contributed by atoms with Crippen molar-refractivity contribution in [2.45, 2.75) is 31.3 Å². The molecule has 0 aliphatic heterocycles. The van der Waals surface area contributed by atoms with Gasteiger partial charge in [-0.2, -0.15) is 0 Å². The Hall–Kier alpha value is -1.85. The number of carbonyl (C=O) groups is 1. The number of hydrogen-bond donors (Lipinski definition) is 2. The van der Waals surface area contributed by atoms with Crippen LogP contribution in [0.15, 0.2) is 34.9 Å². The molecule has 1 aliphatic rings. The number of aryl methyl sites for hydroxylation is 1. The molecule has 23 heavy (non-hydrogen) atoms. The van der Waals surface area contributed by atoms with Crippen LogP contribution in [0.5, 0.6) is 0 Å². The monoisotopic (exact) mass is 337 g/mol. The van der Waals surface area contributed by atoms with E-state index in [0.29, 0.717) is 12.0 Å². The molecule has 0 fully saturated rings. The van der Waals surface area contributed by atoms with E-state index in [0.717, 1.165) is 18.6 Å². The molecule has 0 saturated heterocycles. The standard InChI is InChI=1S/C17H17ClFNO3/c18-13-3-1-4-14(19)11(13)9-16(21)20-10-17(22)7-2-5-15-12(17)6-8-23-15/h1,3-4,6,8,22H,2,5,7,9-10H2,(H,20,21). The summed E-state index contributed by atoms with van der Waals surface area (Å²) in [5.74, 6) is -0.146. The Labute approximate surface area is 138 Å². The van der Waals surface area contributed by atoms with Crippen molar-refractivity contribution in [2.24, 2.45) is 0 Å². The van der Waals surface area contributed by atoms with Gasteiger partial charge in [-0.1, -0.05) is 17.7 Å². The van der Waals surface area contributed by atoms with Gasteiger partial charge in [-0.05, 0) is 31.0 Å². The van der Waals surface area contributed by atoms with Gasteiger partial charge in [0, 0.05) is 22.6 Å². The minimum Gasteiger partial charge on any atom is -0.469 e. The van der Waals surface area contributed by atoms with Crippen LogP contribution in [0.2, 0.25) is 5.02 Å². The smallest absolute Gasteiger partial charge is 0.224 e. The molecule has 0 radical (unpaired) electrons. The third kappa shape index (κ3) is 3.26. The van der Waals surface area contributed by atoms with Crippen LogP contribution < -0.4 is 5.32 Å².